The Hall–Kier alpha value is -2.42. The van der Waals surface area contributed by atoms with Crippen LogP contribution in [0.2, 0.25) is 10.0 Å². The average Bonchev–Trinajstić information content (AvgIpc) is 3.24. The maximum atomic E-state index is 13.9. The highest BCUT2D eigenvalue weighted by Crippen LogP contribution is 2.36. The van der Waals surface area contributed by atoms with Crippen LogP contribution >= 0.6 is 23.2 Å². The van der Waals surface area contributed by atoms with Crippen LogP contribution in [-0.2, 0) is 0 Å². The van der Waals surface area contributed by atoms with Crippen molar-refractivity contribution in [2.45, 2.75) is 31.9 Å². The number of nitrogens with two attached hydrogens (primary N) is 1. The molecule has 4 rings (SSSR count). The first-order valence-electron chi connectivity index (χ1n) is 9.62. The summed E-state index contributed by atoms with van der Waals surface area (Å²) in [4.78, 5) is 4.21. The maximum Gasteiger partial charge on any atom is 0.166 e. The molecule has 0 unspecified atom stereocenters. The molecule has 3 N–H and O–H groups in total. The summed E-state index contributed by atoms with van der Waals surface area (Å²) in [5.74, 6) is -0.0475. The van der Waals surface area contributed by atoms with Crippen molar-refractivity contribution in [3.63, 3.8) is 0 Å². The second-order valence-corrected chi connectivity index (χ2v) is 7.97. The number of nitrogens with one attached hydrogen (secondary N) is 1. The van der Waals surface area contributed by atoms with Gasteiger partial charge in [0.15, 0.2) is 11.6 Å². The van der Waals surface area contributed by atoms with Gasteiger partial charge in [-0.15, -0.1) is 5.10 Å². The molecule has 1 fully saturated rings. The summed E-state index contributed by atoms with van der Waals surface area (Å²) in [5.41, 5.74) is 7.72. The van der Waals surface area contributed by atoms with E-state index < -0.39 is 11.9 Å². The Morgan fingerprint density at radius 1 is 1.30 bits per heavy atom. The van der Waals surface area contributed by atoms with E-state index in [0.717, 1.165) is 25.9 Å². The van der Waals surface area contributed by atoms with Crippen molar-refractivity contribution in [1.82, 2.24) is 25.3 Å². The number of hydrogen-bond donors (Lipinski definition) is 2. The molecule has 1 aromatic carbocycles. The fraction of sp³-hybridized carbons (Fsp3) is 0.350. The van der Waals surface area contributed by atoms with E-state index in [1.165, 1.54) is 12.1 Å². The monoisotopic (exact) mass is 450 g/mol. The topological polar surface area (TPSA) is 90.9 Å². The standard InChI is InChI=1S/C20H21Cl2FN6O/c1-11(18-14(21)2-3-15(23)19(18)22)30-17-8-12(9-26-20(17)24)16-10-29(28-27-16)13-4-6-25-7-5-13/h2-3,8-11,13,25H,4-7H2,1H3,(H2,24,26)/t11-/m0/s1. The minimum atomic E-state index is -0.648. The minimum Gasteiger partial charge on any atom is -0.482 e. The second kappa shape index (κ2) is 8.75. The molecule has 3 heterocycles. The number of hydrogen-bond acceptors (Lipinski definition) is 6. The first-order valence-corrected chi connectivity index (χ1v) is 10.4. The van der Waals surface area contributed by atoms with Gasteiger partial charge < -0.3 is 15.8 Å². The molecule has 0 spiro atoms. The molecule has 0 amide bonds. The van der Waals surface area contributed by atoms with Crippen molar-refractivity contribution < 1.29 is 9.13 Å². The van der Waals surface area contributed by atoms with Crippen LogP contribution in [0.3, 0.4) is 0 Å². The van der Waals surface area contributed by atoms with Crippen LogP contribution in [0.5, 0.6) is 5.75 Å². The van der Waals surface area contributed by atoms with Gasteiger partial charge in [0.1, 0.15) is 17.6 Å². The quantitative estimate of drug-likeness (QED) is 0.558. The van der Waals surface area contributed by atoms with E-state index in [1.807, 2.05) is 10.9 Å². The summed E-state index contributed by atoms with van der Waals surface area (Å²) in [6.45, 7) is 3.64. The van der Waals surface area contributed by atoms with Crippen LogP contribution in [0.25, 0.3) is 11.3 Å². The third-order valence-corrected chi connectivity index (χ3v) is 5.87. The van der Waals surface area contributed by atoms with E-state index in [-0.39, 0.29) is 10.8 Å². The SMILES string of the molecule is C[C@H](Oc1cc(-c2cn(C3CCNCC3)nn2)cnc1N)c1c(Cl)ccc(F)c1Cl. The Balaban J connectivity index is 1.58. The average molecular weight is 451 g/mol. The summed E-state index contributed by atoms with van der Waals surface area (Å²) >= 11 is 12.3. The highest BCUT2D eigenvalue weighted by atomic mass is 35.5. The van der Waals surface area contributed by atoms with Crippen molar-refractivity contribution in [2.24, 2.45) is 0 Å². The molecule has 30 heavy (non-hydrogen) atoms. The number of halogens is 3. The lowest BCUT2D eigenvalue weighted by Crippen LogP contribution is -2.29. The number of nitrogen functional groups attached to an aromatic ring is 1. The molecule has 2 aromatic heterocycles. The number of ether oxygens (including phenoxy) is 1. The first kappa shape index (κ1) is 20.8. The lowest BCUT2D eigenvalue weighted by molar-refractivity contribution is 0.227. The molecule has 1 aliphatic rings. The number of rotatable bonds is 5. The number of piperidine rings is 1. The van der Waals surface area contributed by atoms with Gasteiger partial charge in [0.25, 0.3) is 0 Å². The van der Waals surface area contributed by atoms with Gasteiger partial charge in [0.05, 0.1) is 17.3 Å². The predicted octanol–water partition coefficient (Wildman–Crippen LogP) is 4.43. The van der Waals surface area contributed by atoms with Crippen molar-refractivity contribution in [3.8, 4) is 17.0 Å². The molecule has 0 aliphatic carbocycles. The van der Waals surface area contributed by atoms with Gasteiger partial charge in [-0.3, -0.25) is 0 Å². The predicted molar refractivity (Wildman–Crippen MR) is 114 cm³/mol. The Bertz CT molecular complexity index is 1050. The van der Waals surface area contributed by atoms with Crippen LogP contribution in [0.4, 0.5) is 10.2 Å². The van der Waals surface area contributed by atoms with Gasteiger partial charge in [-0.25, -0.2) is 14.1 Å². The lowest BCUT2D eigenvalue weighted by atomic mass is 10.1. The summed E-state index contributed by atoms with van der Waals surface area (Å²) in [5, 5.41) is 12.1. The van der Waals surface area contributed by atoms with Gasteiger partial charge in [-0.05, 0) is 51.1 Å². The molecule has 10 heteroatoms. The van der Waals surface area contributed by atoms with Crippen molar-refractivity contribution >= 4 is 29.0 Å². The highest BCUT2D eigenvalue weighted by molar-refractivity contribution is 6.36. The van der Waals surface area contributed by atoms with Gasteiger partial charge in [-0.2, -0.15) is 0 Å². The van der Waals surface area contributed by atoms with Crippen LogP contribution in [-0.4, -0.2) is 33.1 Å². The van der Waals surface area contributed by atoms with Crippen molar-refractivity contribution in [3.05, 3.63) is 52.0 Å². The van der Waals surface area contributed by atoms with Crippen molar-refractivity contribution in [1.29, 1.82) is 0 Å². The number of pyridine rings is 1. The third kappa shape index (κ3) is 4.21. The van der Waals surface area contributed by atoms with Crippen LogP contribution in [0.1, 0.15) is 37.5 Å². The molecular weight excluding hydrogens is 430 g/mol. The molecule has 3 aromatic rings. The minimum absolute atomic E-state index is 0.0809. The summed E-state index contributed by atoms with van der Waals surface area (Å²) < 4.78 is 21.7. The van der Waals surface area contributed by atoms with E-state index in [2.05, 4.69) is 20.6 Å². The molecule has 0 saturated carbocycles. The molecule has 0 bridgehead atoms. The fourth-order valence-corrected chi connectivity index (χ4v) is 4.19. The first-order chi connectivity index (χ1) is 14.4. The van der Waals surface area contributed by atoms with Crippen LogP contribution in [0, 0.1) is 5.82 Å². The summed E-state index contributed by atoms with van der Waals surface area (Å²) in [6, 6.07) is 4.71. The van der Waals surface area contributed by atoms with Crippen LogP contribution in [0.15, 0.2) is 30.6 Å². The largest absolute Gasteiger partial charge is 0.482 e. The van der Waals surface area contributed by atoms with E-state index >= 15 is 0 Å². The molecule has 158 valence electrons. The van der Waals surface area contributed by atoms with E-state index in [4.69, 9.17) is 33.7 Å². The number of benzene rings is 1. The lowest BCUT2D eigenvalue weighted by Gasteiger charge is -2.22. The Morgan fingerprint density at radius 2 is 2.07 bits per heavy atom. The maximum absolute atomic E-state index is 13.9. The van der Waals surface area contributed by atoms with Crippen molar-refractivity contribution in [2.75, 3.05) is 18.8 Å². The Labute approximate surface area is 183 Å². The molecular formula is C20H21Cl2FN6O. The van der Waals surface area contributed by atoms with E-state index in [0.29, 0.717) is 33.6 Å². The molecule has 1 saturated heterocycles. The molecule has 1 aliphatic heterocycles. The molecule has 1 atom stereocenters. The zero-order chi connectivity index (χ0) is 21.3. The number of aromatic nitrogens is 4. The van der Waals surface area contributed by atoms with Gasteiger partial charge >= 0.3 is 0 Å². The molecule has 0 radical (unpaired) electrons. The van der Waals surface area contributed by atoms with E-state index in [9.17, 15) is 4.39 Å². The number of nitrogens with zero attached hydrogens (tertiary/aromatic N) is 4. The zero-order valence-electron chi connectivity index (χ0n) is 16.3. The highest BCUT2D eigenvalue weighted by Gasteiger charge is 2.21. The Kier molecular flexibility index (Phi) is 6.08. The van der Waals surface area contributed by atoms with Gasteiger partial charge in [0.2, 0.25) is 0 Å². The van der Waals surface area contributed by atoms with E-state index in [1.54, 1.807) is 19.2 Å². The van der Waals surface area contributed by atoms with Gasteiger partial charge in [-0.1, -0.05) is 28.4 Å². The third-order valence-electron chi connectivity index (χ3n) is 5.16. The van der Waals surface area contributed by atoms with Gasteiger partial charge in [0, 0.05) is 22.3 Å². The Morgan fingerprint density at radius 3 is 2.83 bits per heavy atom. The normalized spacial score (nSPS) is 15.9. The zero-order valence-corrected chi connectivity index (χ0v) is 17.8. The fourth-order valence-electron chi connectivity index (χ4n) is 3.51. The number of anilines is 1. The second-order valence-electron chi connectivity index (χ2n) is 7.19. The van der Waals surface area contributed by atoms with Crippen LogP contribution < -0.4 is 15.8 Å². The summed E-state index contributed by atoms with van der Waals surface area (Å²) in [6.07, 6.45) is 4.88. The smallest absolute Gasteiger partial charge is 0.166 e. The summed E-state index contributed by atoms with van der Waals surface area (Å²) in [7, 11) is 0. The molecule has 7 nitrogen and oxygen atoms in total.